The number of esters is 1. The first kappa shape index (κ1) is 20.4. The SMILES string of the molecule is Cc1ccc(-n2c(C)cc(C(=O)OCC(=O)Nc3ccc(C)c(C)c3)c2C)cc1. The van der Waals surface area contributed by atoms with Crippen LogP contribution < -0.4 is 5.32 Å². The number of amides is 1. The van der Waals surface area contributed by atoms with E-state index < -0.39 is 5.97 Å². The Morgan fingerprint density at radius 2 is 1.59 bits per heavy atom. The van der Waals surface area contributed by atoms with Crippen molar-refractivity contribution in [3.63, 3.8) is 0 Å². The molecule has 1 amide bonds. The van der Waals surface area contributed by atoms with Crippen molar-refractivity contribution in [1.82, 2.24) is 4.57 Å². The Balaban J connectivity index is 1.68. The Morgan fingerprint density at radius 3 is 2.24 bits per heavy atom. The summed E-state index contributed by atoms with van der Waals surface area (Å²) in [5.41, 5.74) is 7.25. The summed E-state index contributed by atoms with van der Waals surface area (Å²) in [6.07, 6.45) is 0. The highest BCUT2D eigenvalue weighted by atomic mass is 16.5. The minimum Gasteiger partial charge on any atom is -0.452 e. The van der Waals surface area contributed by atoms with Gasteiger partial charge in [0, 0.05) is 22.8 Å². The van der Waals surface area contributed by atoms with E-state index in [1.165, 1.54) is 5.56 Å². The van der Waals surface area contributed by atoms with E-state index in [1.807, 2.05) is 81.7 Å². The number of nitrogens with zero attached hydrogens (tertiary/aromatic N) is 1. The maximum Gasteiger partial charge on any atom is 0.340 e. The number of ether oxygens (including phenoxy) is 1. The molecule has 0 aliphatic rings. The van der Waals surface area contributed by atoms with Gasteiger partial charge in [-0.1, -0.05) is 23.8 Å². The highest BCUT2D eigenvalue weighted by Crippen LogP contribution is 2.22. The van der Waals surface area contributed by atoms with Crippen LogP contribution in [0.25, 0.3) is 5.69 Å². The molecule has 3 aromatic rings. The van der Waals surface area contributed by atoms with Crippen LogP contribution in [0.15, 0.2) is 48.5 Å². The number of nitrogens with one attached hydrogen (secondary N) is 1. The molecule has 0 saturated heterocycles. The largest absolute Gasteiger partial charge is 0.452 e. The molecular formula is C24H26N2O3. The minimum absolute atomic E-state index is 0.333. The number of benzene rings is 2. The number of rotatable bonds is 5. The minimum atomic E-state index is -0.508. The molecule has 0 saturated carbocycles. The molecule has 150 valence electrons. The van der Waals surface area contributed by atoms with E-state index >= 15 is 0 Å². The molecule has 0 radical (unpaired) electrons. The van der Waals surface area contributed by atoms with Gasteiger partial charge in [0.1, 0.15) is 0 Å². The van der Waals surface area contributed by atoms with Gasteiger partial charge in [-0.05, 0) is 76.1 Å². The second-order valence-electron chi connectivity index (χ2n) is 7.38. The van der Waals surface area contributed by atoms with Crippen molar-refractivity contribution >= 4 is 17.6 Å². The van der Waals surface area contributed by atoms with Crippen molar-refractivity contribution in [3.05, 3.63) is 82.2 Å². The molecule has 1 heterocycles. The van der Waals surface area contributed by atoms with Crippen molar-refractivity contribution in [3.8, 4) is 5.69 Å². The highest BCUT2D eigenvalue weighted by Gasteiger charge is 2.19. The van der Waals surface area contributed by atoms with E-state index in [1.54, 1.807) is 6.07 Å². The predicted molar refractivity (Wildman–Crippen MR) is 115 cm³/mol. The van der Waals surface area contributed by atoms with Crippen molar-refractivity contribution < 1.29 is 14.3 Å². The Kier molecular flexibility index (Phi) is 5.87. The van der Waals surface area contributed by atoms with Gasteiger partial charge in [0.2, 0.25) is 0 Å². The monoisotopic (exact) mass is 390 g/mol. The van der Waals surface area contributed by atoms with Gasteiger partial charge in [0.05, 0.1) is 5.56 Å². The third-order valence-electron chi connectivity index (χ3n) is 5.07. The van der Waals surface area contributed by atoms with Gasteiger partial charge in [0.15, 0.2) is 6.61 Å². The maximum atomic E-state index is 12.6. The first-order chi connectivity index (χ1) is 13.8. The van der Waals surface area contributed by atoms with Gasteiger partial charge >= 0.3 is 5.97 Å². The summed E-state index contributed by atoms with van der Waals surface area (Å²) in [6.45, 7) is 9.50. The molecule has 0 atom stereocenters. The Labute approximate surface area is 171 Å². The molecule has 1 N–H and O–H groups in total. The van der Waals surface area contributed by atoms with Crippen LogP contribution in [0.5, 0.6) is 0 Å². The number of aromatic nitrogens is 1. The fraction of sp³-hybridized carbons (Fsp3) is 0.250. The van der Waals surface area contributed by atoms with Crippen LogP contribution in [-0.4, -0.2) is 23.1 Å². The first-order valence-electron chi connectivity index (χ1n) is 9.56. The van der Waals surface area contributed by atoms with Crippen molar-refractivity contribution in [2.45, 2.75) is 34.6 Å². The molecule has 2 aromatic carbocycles. The zero-order valence-electron chi connectivity index (χ0n) is 17.5. The van der Waals surface area contributed by atoms with Gasteiger partial charge in [-0.3, -0.25) is 4.79 Å². The topological polar surface area (TPSA) is 60.3 Å². The number of carbonyl (C=O) groups is 2. The van der Waals surface area contributed by atoms with Crippen LogP contribution in [0.1, 0.15) is 38.4 Å². The van der Waals surface area contributed by atoms with E-state index in [9.17, 15) is 9.59 Å². The summed E-state index contributed by atoms with van der Waals surface area (Å²) < 4.78 is 7.26. The standard InChI is InChI=1S/C24H26N2O3/c1-15-6-10-21(11-7-15)26-18(4)13-22(19(26)5)24(28)29-14-23(27)25-20-9-8-16(2)17(3)12-20/h6-13H,14H2,1-5H3,(H,25,27). The second-order valence-corrected chi connectivity index (χ2v) is 7.38. The van der Waals surface area contributed by atoms with Crippen molar-refractivity contribution in [1.29, 1.82) is 0 Å². The van der Waals surface area contributed by atoms with Crippen LogP contribution in [-0.2, 0) is 9.53 Å². The Hall–Kier alpha value is -3.34. The van der Waals surface area contributed by atoms with E-state index in [-0.39, 0.29) is 12.5 Å². The van der Waals surface area contributed by atoms with E-state index in [0.717, 1.165) is 28.2 Å². The average molecular weight is 390 g/mol. The molecule has 0 bridgehead atoms. The van der Waals surface area contributed by atoms with Gasteiger partial charge in [0.25, 0.3) is 5.91 Å². The highest BCUT2D eigenvalue weighted by molar-refractivity contribution is 5.96. The number of carbonyl (C=O) groups excluding carboxylic acids is 2. The molecule has 3 rings (SSSR count). The summed E-state index contributed by atoms with van der Waals surface area (Å²) >= 11 is 0. The molecular weight excluding hydrogens is 364 g/mol. The van der Waals surface area contributed by atoms with Crippen molar-refractivity contribution in [2.24, 2.45) is 0 Å². The van der Waals surface area contributed by atoms with Crippen molar-refractivity contribution in [2.75, 3.05) is 11.9 Å². The average Bonchev–Trinajstić information content (AvgIpc) is 2.98. The third-order valence-corrected chi connectivity index (χ3v) is 5.07. The van der Waals surface area contributed by atoms with Crippen LogP contribution in [0.2, 0.25) is 0 Å². The van der Waals surface area contributed by atoms with Gasteiger partial charge in [-0.2, -0.15) is 0 Å². The predicted octanol–water partition coefficient (Wildman–Crippen LogP) is 4.81. The summed E-state index contributed by atoms with van der Waals surface area (Å²) in [5, 5.41) is 2.76. The van der Waals surface area contributed by atoms with Gasteiger partial charge in [-0.15, -0.1) is 0 Å². The van der Waals surface area contributed by atoms with Gasteiger partial charge in [-0.25, -0.2) is 4.79 Å². The fourth-order valence-corrected chi connectivity index (χ4v) is 3.29. The Bertz CT molecular complexity index is 1060. The number of hydrogen-bond acceptors (Lipinski definition) is 3. The lowest BCUT2D eigenvalue weighted by Gasteiger charge is -2.11. The molecule has 0 aliphatic carbocycles. The lowest BCUT2D eigenvalue weighted by Crippen LogP contribution is -2.21. The molecule has 5 heteroatoms. The molecule has 5 nitrogen and oxygen atoms in total. The van der Waals surface area contributed by atoms with E-state index in [0.29, 0.717) is 11.3 Å². The summed E-state index contributed by atoms with van der Waals surface area (Å²) in [4.78, 5) is 24.7. The van der Waals surface area contributed by atoms with Crippen LogP contribution in [0, 0.1) is 34.6 Å². The molecule has 0 fully saturated rings. The maximum absolute atomic E-state index is 12.6. The lowest BCUT2D eigenvalue weighted by molar-refractivity contribution is -0.119. The van der Waals surface area contributed by atoms with E-state index in [4.69, 9.17) is 4.74 Å². The second kappa shape index (κ2) is 8.35. The number of aryl methyl sites for hydroxylation is 4. The normalized spacial score (nSPS) is 10.7. The van der Waals surface area contributed by atoms with Crippen LogP contribution in [0.3, 0.4) is 0 Å². The summed E-state index contributed by atoms with van der Waals surface area (Å²) in [6, 6.07) is 15.5. The lowest BCUT2D eigenvalue weighted by atomic mass is 10.1. The molecule has 0 spiro atoms. The van der Waals surface area contributed by atoms with Crippen LogP contribution >= 0.6 is 0 Å². The number of hydrogen-bond donors (Lipinski definition) is 1. The molecule has 0 aliphatic heterocycles. The smallest absolute Gasteiger partial charge is 0.340 e. The number of anilines is 1. The summed E-state index contributed by atoms with van der Waals surface area (Å²) in [7, 11) is 0. The quantitative estimate of drug-likeness (QED) is 0.636. The Morgan fingerprint density at radius 1 is 0.897 bits per heavy atom. The molecule has 29 heavy (non-hydrogen) atoms. The first-order valence-corrected chi connectivity index (χ1v) is 9.56. The molecule has 0 unspecified atom stereocenters. The fourth-order valence-electron chi connectivity index (χ4n) is 3.29. The van der Waals surface area contributed by atoms with Gasteiger partial charge < -0.3 is 14.6 Å². The zero-order chi connectivity index (χ0) is 21.1. The van der Waals surface area contributed by atoms with Crippen LogP contribution in [0.4, 0.5) is 5.69 Å². The molecule has 1 aromatic heterocycles. The zero-order valence-corrected chi connectivity index (χ0v) is 17.5. The van der Waals surface area contributed by atoms with E-state index in [2.05, 4.69) is 5.32 Å². The summed E-state index contributed by atoms with van der Waals surface area (Å²) in [5.74, 6) is -0.874. The third kappa shape index (κ3) is 4.57.